The third-order valence-corrected chi connectivity index (χ3v) is 6.28. The minimum Gasteiger partial charge on any atom is -0.480 e. The molecule has 184 valence electrons. The molecule has 0 radical (unpaired) electrons. The van der Waals surface area contributed by atoms with Crippen molar-refractivity contribution < 1.29 is 28.7 Å². The molecule has 9 nitrogen and oxygen atoms in total. The number of carbonyl (C=O) groups is 4. The summed E-state index contributed by atoms with van der Waals surface area (Å²) in [5.41, 5.74) is 0.443. The lowest BCUT2D eigenvalue weighted by atomic mass is 10.1. The summed E-state index contributed by atoms with van der Waals surface area (Å²) in [4.78, 5) is 48.8. The first kappa shape index (κ1) is 26.3. The molecule has 0 aliphatic rings. The first-order chi connectivity index (χ1) is 16.7. The number of aliphatic carboxylic acids is 1. The van der Waals surface area contributed by atoms with Crippen LogP contribution in [0.15, 0.2) is 52.5 Å². The number of thiophene rings is 1. The van der Waals surface area contributed by atoms with Crippen LogP contribution in [0.4, 0.5) is 0 Å². The van der Waals surface area contributed by atoms with Crippen LogP contribution in [-0.4, -0.2) is 41.4 Å². The predicted octanol–water partition coefficient (Wildman–Crippen LogP) is 3.51. The van der Waals surface area contributed by atoms with Crippen LogP contribution in [0.3, 0.4) is 0 Å². The van der Waals surface area contributed by atoms with Crippen LogP contribution in [0.5, 0.6) is 0 Å². The van der Waals surface area contributed by atoms with Crippen molar-refractivity contribution in [1.82, 2.24) is 16.0 Å². The maximum absolute atomic E-state index is 12.7. The highest BCUT2D eigenvalue weighted by atomic mass is 35.5. The van der Waals surface area contributed by atoms with Gasteiger partial charge in [-0.25, -0.2) is 4.79 Å². The summed E-state index contributed by atoms with van der Waals surface area (Å²) < 4.78 is 5.19. The minimum atomic E-state index is -1.41. The molecular formula is C23H21Cl2N3O6S. The fourth-order valence-electron chi connectivity index (χ4n) is 3.05. The summed E-state index contributed by atoms with van der Waals surface area (Å²) in [5.74, 6) is -2.11. The Bertz CT molecular complexity index is 1180. The number of halogens is 2. The minimum absolute atomic E-state index is 0.0124. The van der Waals surface area contributed by atoms with Crippen molar-refractivity contribution in [3.05, 3.63) is 79.9 Å². The molecule has 4 N–H and O–H groups in total. The number of benzene rings is 1. The summed E-state index contributed by atoms with van der Waals surface area (Å²) in [6.45, 7) is -0.208. The lowest BCUT2D eigenvalue weighted by Gasteiger charge is -2.17. The monoisotopic (exact) mass is 537 g/mol. The Morgan fingerprint density at radius 1 is 1.03 bits per heavy atom. The van der Waals surface area contributed by atoms with Crippen molar-refractivity contribution in [1.29, 1.82) is 0 Å². The van der Waals surface area contributed by atoms with Gasteiger partial charge >= 0.3 is 5.97 Å². The van der Waals surface area contributed by atoms with Gasteiger partial charge in [-0.05, 0) is 41.3 Å². The predicted molar refractivity (Wildman–Crippen MR) is 131 cm³/mol. The Labute approximate surface area is 214 Å². The average Bonchev–Trinajstić information content (AvgIpc) is 3.52. The molecule has 2 aromatic heterocycles. The van der Waals surface area contributed by atoms with E-state index in [1.165, 1.54) is 29.7 Å². The van der Waals surface area contributed by atoms with Crippen molar-refractivity contribution in [2.24, 2.45) is 0 Å². The maximum atomic E-state index is 12.7. The number of rotatable bonds is 11. The third kappa shape index (κ3) is 7.57. The molecular weight excluding hydrogens is 517 g/mol. The Kier molecular flexibility index (Phi) is 9.30. The molecule has 0 fully saturated rings. The molecule has 3 rings (SSSR count). The summed E-state index contributed by atoms with van der Waals surface area (Å²) in [6, 6.07) is 8.32. The normalized spacial score (nSPS) is 11.5. The van der Waals surface area contributed by atoms with E-state index in [2.05, 4.69) is 16.0 Å². The average molecular weight is 538 g/mol. The van der Waals surface area contributed by atoms with Gasteiger partial charge in [0.15, 0.2) is 0 Å². The van der Waals surface area contributed by atoms with E-state index in [0.717, 1.165) is 0 Å². The van der Waals surface area contributed by atoms with Crippen LogP contribution in [0.2, 0.25) is 10.0 Å². The van der Waals surface area contributed by atoms with Crippen LogP contribution in [0.1, 0.15) is 37.8 Å². The van der Waals surface area contributed by atoms with Gasteiger partial charge in [0.25, 0.3) is 11.8 Å². The number of amides is 3. The molecule has 0 saturated carbocycles. The largest absolute Gasteiger partial charge is 0.480 e. The van der Waals surface area contributed by atoms with E-state index in [1.54, 1.807) is 29.6 Å². The molecule has 35 heavy (non-hydrogen) atoms. The van der Waals surface area contributed by atoms with Gasteiger partial charge in [0.1, 0.15) is 11.8 Å². The fourth-order valence-corrected chi connectivity index (χ4v) is 4.39. The van der Waals surface area contributed by atoms with Gasteiger partial charge in [-0.2, -0.15) is 0 Å². The Balaban J connectivity index is 1.57. The van der Waals surface area contributed by atoms with Gasteiger partial charge in [0.2, 0.25) is 5.91 Å². The van der Waals surface area contributed by atoms with E-state index in [4.69, 9.17) is 27.6 Å². The molecule has 0 saturated heterocycles. The van der Waals surface area contributed by atoms with Crippen molar-refractivity contribution in [3.8, 4) is 0 Å². The molecule has 0 aliphatic heterocycles. The number of carboxylic acid groups (broad SMARTS) is 1. The molecule has 3 aromatic rings. The maximum Gasteiger partial charge on any atom is 0.328 e. The Morgan fingerprint density at radius 3 is 2.37 bits per heavy atom. The SMILES string of the molecule is O=C(CCc1ccco1)NCc1cc(Cl)c(C(=O)NC(CNC(=O)c2cccs2)C(=O)O)c(Cl)c1. The highest BCUT2D eigenvalue weighted by Crippen LogP contribution is 2.27. The van der Waals surface area contributed by atoms with Crippen LogP contribution in [0.25, 0.3) is 0 Å². The van der Waals surface area contributed by atoms with E-state index in [1.807, 2.05) is 0 Å². The second-order valence-electron chi connectivity index (χ2n) is 7.34. The van der Waals surface area contributed by atoms with Crippen molar-refractivity contribution in [3.63, 3.8) is 0 Å². The van der Waals surface area contributed by atoms with Crippen LogP contribution in [0, 0.1) is 0 Å². The molecule has 1 unspecified atom stereocenters. The highest BCUT2D eigenvalue weighted by molar-refractivity contribution is 7.12. The van der Waals surface area contributed by atoms with E-state index < -0.39 is 23.8 Å². The van der Waals surface area contributed by atoms with Crippen LogP contribution in [-0.2, 0) is 22.6 Å². The van der Waals surface area contributed by atoms with E-state index in [0.29, 0.717) is 22.6 Å². The van der Waals surface area contributed by atoms with Gasteiger partial charge in [0, 0.05) is 25.9 Å². The van der Waals surface area contributed by atoms with Crippen molar-refractivity contribution >= 4 is 58.2 Å². The molecule has 0 spiro atoms. The number of aryl methyl sites for hydroxylation is 1. The first-order valence-electron chi connectivity index (χ1n) is 10.4. The Morgan fingerprint density at radius 2 is 1.77 bits per heavy atom. The van der Waals surface area contributed by atoms with E-state index in [9.17, 15) is 24.3 Å². The zero-order valence-corrected chi connectivity index (χ0v) is 20.5. The molecule has 1 atom stereocenters. The molecule has 12 heteroatoms. The van der Waals surface area contributed by atoms with Crippen LogP contribution >= 0.6 is 34.5 Å². The van der Waals surface area contributed by atoms with Crippen LogP contribution < -0.4 is 16.0 Å². The molecule has 1 aromatic carbocycles. The lowest BCUT2D eigenvalue weighted by Crippen LogP contribution is -2.48. The third-order valence-electron chi connectivity index (χ3n) is 4.81. The zero-order chi connectivity index (χ0) is 25.4. The second-order valence-corrected chi connectivity index (χ2v) is 9.10. The fraction of sp³-hybridized carbons (Fsp3) is 0.217. The summed E-state index contributed by atoms with van der Waals surface area (Å²) >= 11 is 13.7. The van der Waals surface area contributed by atoms with E-state index >= 15 is 0 Å². The van der Waals surface area contributed by atoms with Gasteiger partial charge in [-0.3, -0.25) is 14.4 Å². The number of hydrogen-bond donors (Lipinski definition) is 4. The molecule has 0 bridgehead atoms. The number of nitrogens with one attached hydrogen (secondary N) is 3. The number of hydrogen-bond acceptors (Lipinski definition) is 6. The van der Waals surface area contributed by atoms with E-state index in [-0.39, 0.29) is 41.0 Å². The number of carboxylic acids is 1. The number of carbonyl (C=O) groups excluding carboxylic acids is 3. The smallest absolute Gasteiger partial charge is 0.328 e. The zero-order valence-electron chi connectivity index (χ0n) is 18.2. The standard InChI is InChI=1S/C23H21Cl2N3O6S/c24-15-9-13(11-26-19(29)6-5-14-3-1-7-34-14)10-16(25)20(15)22(31)28-17(23(32)33)12-27-21(30)18-4-2-8-35-18/h1-4,7-10,17H,5-6,11-12H2,(H,26,29)(H,27,30)(H,28,31)(H,32,33). The van der Waals surface area contributed by atoms with Gasteiger partial charge in [-0.15, -0.1) is 11.3 Å². The first-order valence-corrected chi connectivity index (χ1v) is 12.0. The summed E-state index contributed by atoms with van der Waals surface area (Å²) in [7, 11) is 0. The van der Waals surface area contributed by atoms with Crippen molar-refractivity contribution in [2.75, 3.05) is 6.54 Å². The van der Waals surface area contributed by atoms with Gasteiger partial charge in [-0.1, -0.05) is 29.3 Å². The Hall–Kier alpha value is -3.34. The molecule has 2 heterocycles. The summed E-state index contributed by atoms with van der Waals surface area (Å²) in [6.07, 6.45) is 2.22. The van der Waals surface area contributed by atoms with Gasteiger partial charge in [0.05, 0.1) is 26.7 Å². The lowest BCUT2D eigenvalue weighted by molar-refractivity contribution is -0.139. The highest BCUT2D eigenvalue weighted by Gasteiger charge is 2.25. The second kappa shape index (κ2) is 12.4. The topological polar surface area (TPSA) is 138 Å². The quantitative estimate of drug-likeness (QED) is 0.295. The van der Waals surface area contributed by atoms with Crippen molar-refractivity contribution in [2.45, 2.75) is 25.4 Å². The molecule has 0 aliphatic carbocycles. The summed E-state index contributed by atoms with van der Waals surface area (Å²) in [5, 5.41) is 18.7. The number of furan rings is 1. The van der Waals surface area contributed by atoms with Gasteiger partial charge < -0.3 is 25.5 Å². The molecule has 3 amide bonds.